The first kappa shape index (κ1) is 10.3. The van der Waals surface area contributed by atoms with Crippen molar-refractivity contribution in [1.29, 1.82) is 0 Å². The summed E-state index contributed by atoms with van der Waals surface area (Å²) in [6.07, 6.45) is 0. The van der Waals surface area contributed by atoms with Gasteiger partial charge in [-0.1, -0.05) is 28.2 Å². The minimum Gasteiger partial charge on any atom is -0.288 e. The highest BCUT2D eigenvalue weighted by molar-refractivity contribution is 7.08. The third-order valence-electron chi connectivity index (χ3n) is 1.94. The van der Waals surface area contributed by atoms with E-state index in [-0.39, 0.29) is 5.78 Å². The fraction of sp³-hybridized carbons (Fsp3) is 0.100. The van der Waals surface area contributed by atoms with Crippen LogP contribution in [0.2, 0.25) is 5.02 Å². The fourth-order valence-corrected chi connectivity index (χ4v) is 2.01. The van der Waals surface area contributed by atoms with Crippen molar-refractivity contribution in [2.24, 2.45) is 0 Å². The Morgan fingerprint density at radius 3 is 2.87 bits per heavy atom. The second-order valence-electron chi connectivity index (χ2n) is 3.03. The number of halogens is 1. The van der Waals surface area contributed by atoms with Crippen LogP contribution in [0.3, 0.4) is 0 Å². The molecule has 2 aromatic rings. The van der Waals surface area contributed by atoms with Crippen LogP contribution in [0.5, 0.6) is 0 Å². The van der Waals surface area contributed by atoms with E-state index in [0.29, 0.717) is 21.2 Å². The van der Waals surface area contributed by atoms with E-state index < -0.39 is 0 Å². The maximum absolute atomic E-state index is 12.0. The summed E-state index contributed by atoms with van der Waals surface area (Å²) in [7, 11) is 0. The first-order valence-corrected chi connectivity index (χ1v) is 5.43. The number of hydrogen-bond donors (Lipinski definition) is 0. The molecule has 0 atom stereocenters. The lowest BCUT2D eigenvalue weighted by Crippen LogP contribution is -2.00. The summed E-state index contributed by atoms with van der Waals surface area (Å²) in [5, 5.41) is 4.35. The molecule has 0 aliphatic carbocycles. The number of carbonyl (C=O) groups is 1. The Morgan fingerprint density at radius 2 is 2.27 bits per heavy atom. The molecule has 0 N–H and O–H groups in total. The molecule has 0 radical (unpaired) electrons. The highest BCUT2D eigenvalue weighted by Crippen LogP contribution is 2.18. The number of nitrogens with zero attached hydrogens (tertiary/aromatic N) is 2. The zero-order valence-corrected chi connectivity index (χ0v) is 9.47. The third-order valence-corrected chi connectivity index (χ3v) is 3.01. The van der Waals surface area contributed by atoms with E-state index in [0.717, 1.165) is 11.5 Å². The molecule has 0 unspecified atom stereocenters. The summed E-state index contributed by atoms with van der Waals surface area (Å²) in [6, 6.07) is 6.85. The Hall–Kier alpha value is -1.26. The van der Waals surface area contributed by atoms with Gasteiger partial charge in [0.05, 0.1) is 5.69 Å². The van der Waals surface area contributed by atoms with Crippen molar-refractivity contribution in [2.45, 2.75) is 6.92 Å². The van der Waals surface area contributed by atoms with Gasteiger partial charge in [0, 0.05) is 10.6 Å². The van der Waals surface area contributed by atoms with Crippen LogP contribution in [0.4, 0.5) is 0 Å². The molecule has 0 saturated carbocycles. The topological polar surface area (TPSA) is 42.9 Å². The minimum atomic E-state index is -0.0787. The molecule has 0 bridgehead atoms. The number of benzene rings is 1. The largest absolute Gasteiger partial charge is 0.288 e. The van der Waals surface area contributed by atoms with Gasteiger partial charge >= 0.3 is 0 Å². The molecule has 1 aromatic carbocycles. The Morgan fingerprint density at radius 1 is 1.47 bits per heavy atom. The van der Waals surface area contributed by atoms with Crippen molar-refractivity contribution in [2.75, 3.05) is 0 Å². The Bertz CT molecular complexity index is 510. The molecule has 1 heterocycles. The SMILES string of the molecule is Cc1nnsc1C(=O)c1cccc(Cl)c1. The minimum absolute atomic E-state index is 0.0787. The lowest BCUT2D eigenvalue weighted by molar-refractivity contribution is 0.104. The number of aryl methyl sites for hydroxylation is 1. The van der Waals surface area contributed by atoms with Gasteiger partial charge in [-0.05, 0) is 30.6 Å². The zero-order valence-electron chi connectivity index (χ0n) is 7.90. The molecule has 0 spiro atoms. The second kappa shape index (κ2) is 4.08. The van der Waals surface area contributed by atoms with Crippen LogP contribution in [0.1, 0.15) is 20.9 Å². The van der Waals surface area contributed by atoms with Crippen molar-refractivity contribution >= 4 is 28.9 Å². The number of rotatable bonds is 2. The van der Waals surface area contributed by atoms with Crippen LogP contribution in [-0.2, 0) is 0 Å². The van der Waals surface area contributed by atoms with Crippen molar-refractivity contribution in [3.8, 4) is 0 Å². The van der Waals surface area contributed by atoms with Gasteiger partial charge in [0.15, 0.2) is 0 Å². The third kappa shape index (κ3) is 2.06. The van der Waals surface area contributed by atoms with E-state index in [2.05, 4.69) is 9.59 Å². The maximum Gasteiger partial charge on any atom is 0.206 e. The Kier molecular flexibility index (Phi) is 2.79. The van der Waals surface area contributed by atoms with Crippen LogP contribution in [0.25, 0.3) is 0 Å². The molecule has 0 amide bonds. The highest BCUT2D eigenvalue weighted by atomic mass is 35.5. The van der Waals surface area contributed by atoms with Gasteiger partial charge in [-0.15, -0.1) is 5.10 Å². The van der Waals surface area contributed by atoms with Crippen molar-refractivity contribution < 1.29 is 4.79 Å². The maximum atomic E-state index is 12.0. The van der Waals surface area contributed by atoms with E-state index in [1.54, 1.807) is 31.2 Å². The molecule has 15 heavy (non-hydrogen) atoms. The molecule has 0 fully saturated rings. The fourth-order valence-electron chi connectivity index (χ4n) is 1.20. The summed E-state index contributed by atoms with van der Waals surface area (Å²) in [6.45, 7) is 1.77. The smallest absolute Gasteiger partial charge is 0.206 e. The summed E-state index contributed by atoms with van der Waals surface area (Å²) in [4.78, 5) is 12.5. The van der Waals surface area contributed by atoms with E-state index in [9.17, 15) is 4.79 Å². The first-order valence-electron chi connectivity index (χ1n) is 4.27. The van der Waals surface area contributed by atoms with Gasteiger partial charge in [0.1, 0.15) is 4.88 Å². The van der Waals surface area contributed by atoms with E-state index in [1.807, 2.05) is 0 Å². The van der Waals surface area contributed by atoms with Gasteiger partial charge in [-0.2, -0.15) is 0 Å². The first-order chi connectivity index (χ1) is 7.18. The monoisotopic (exact) mass is 238 g/mol. The van der Waals surface area contributed by atoms with Crippen molar-refractivity contribution in [3.63, 3.8) is 0 Å². The zero-order chi connectivity index (χ0) is 10.8. The van der Waals surface area contributed by atoms with Crippen LogP contribution in [-0.4, -0.2) is 15.4 Å². The summed E-state index contributed by atoms with van der Waals surface area (Å²) >= 11 is 6.91. The van der Waals surface area contributed by atoms with Crippen molar-refractivity contribution in [3.05, 3.63) is 45.4 Å². The molecule has 1 aromatic heterocycles. The number of hydrogen-bond acceptors (Lipinski definition) is 4. The predicted octanol–water partition coefficient (Wildman–Crippen LogP) is 2.73. The summed E-state index contributed by atoms with van der Waals surface area (Å²) in [5.74, 6) is -0.0787. The molecule has 0 aliphatic heterocycles. The number of aromatic nitrogens is 2. The van der Waals surface area contributed by atoms with Gasteiger partial charge in [-0.25, -0.2) is 0 Å². The summed E-state index contributed by atoms with van der Waals surface area (Å²) in [5.41, 5.74) is 1.22. The molecule has 5 heteroatoms. The Labute approximate surface area is 95.9 Å². The quantitative estimate of drug-likeness (QED) is 0.756. The lowest BCUT2D eigenvalue weighted by atomic mass is 10.1. The van der Waals surface area contributed by atoms with Gasteiger partial charge in [-0.3, -0.25) is 4.79 Å². The second-order valence-corrected chi connectivity index (χ2v) is 4.22. The normalized spacial score (nSPS) is 10.3. The molecule has 0 aliphatic rings. The molecule has 3 nitrogen and oxygen atoms in total. The number of ketones is 1. The van der Waals surface area contributed by atoms with Crippen molar-refractivity contribution in [1.82, 2.24) is 9.59 Å². The average Bonchev–Trinajstić information content (AvgIpc) is 2.63. The number of carbonyl (C=O) groups excluding carboxylic acids is 1. The molecular weight excluding hydrogens is 232 g/mol. The molecule has 0 saturated heterocycles. The van der Waals surface area contributed by atoms with Crippen LogP contribution in [0.15, 0.2) is 24.3 Å². The average molecular weight is 239 g/mol. The van der Waals surface area contributed by atoms with E-state index in [4.69, 9.17) is 11.6 Å². The predicted molar refractivity (Wildman–Crippen MR) is 59.5 cm³/mol. The standard InChI is InChI=1S/C10H7ClN2OS/c1-6-10(15-13-12-6)9(14)7-3-2-4-8(11)5-7/h2-5H,1H3. The van der Waals surface area contributed by atoms with Crippen LogP contribution in [0, 0.1) is 6.92 Å². The lowest BCUT2D eigenvalue weighted by Gasteiger charge is -1.98. The summed E-state index contributed by atoms with van der Waals surface area (Å²) < 4.78 is 3.73. The van der Waals surface area contributed by atoms with E-state index >= 15 is 0 Å². The van der Waals surface area contributed by atoms with Crippen LogP contribution >= 0.6 is 23.1 Å². The van der Waals surface area contributed by atoms with E-state index in [1.165, 1.54) is 0 Å². The molecule has 76 valence electrons. The van der Waals surface area contributed by atoms with Crippen LogP contribution < -0.4 is 0 Å². The van der Waals surface area contributed by atoms with Gasteiger partial charge in [0.25, 0.3) is 0 Å². The molecular formula is C10H7ClN2OS. The Balaban J connectivity index is 2.41. The van der Waals surface area contributed by atoms with Gasteiger partial charge in [0.2, 0.25) is 5.78 Å². The highest BCUT2D eigenvalue weighted by Gasteiger charge is 2.15. The van der Waals surface area contributed by atoms with Gasteiger partial charge < -0.3 is 0 Å². The molecule has 2 rings (SSSR count).